The quantitative estimate of drug-likeness (QED) is 0.909. The van der Waals surface area contributed by atoms with Gasteiger partial charge in [-0.15, -0.1) is 0 Å². The first kappa shape index (κ1) is 16.8. The molecule has 0 bridgehead atoms. The fraction of sp³-hybridized carbons (Fsp3) is 0.526. The molecule has 0 radical (unpaired) electrons. The highest BCUT2D eigenvalue weighted by molar-refractivity contribution is 7.18. The fourth-order valence-corrected chi connectivity index (χ4v) is 4.51. The molecule has 1 atom stereocenters. The minimum atomic E-state index is 0.625. The summed E-state index contributed by atoms with van der Waals surface area (Å²) in [6, 6.07) is 6.93. The molecule has 0 saturated carbocycles. The smallest absolute Gasteiger partial charge is 0.180 e. The Morgan fingerprint density at radius 1 is 1.20 bits per heavy atom. The molecule has 6 heteroatoms. The van der Waals surface area contributed by atoms with Crippen molar-refractivity contribution in [3.05, 3.63) is 29.5 Å². The summed E-state index contributed by atoms with van der Waals surface area (Å²) < 4.78 is 11.1. The first-order valence-corrected chi connectivity index (χ1v) is 9.78. The minimum absolute atomic E-state index is 0.625. The number of nitrogens with zero attached hydrogens (tertiary/aromatic N) is 2. The maximum absolute atomic E-state index is 5.93. The molecule has 2 aliphatic rings. The zero-order valence-electron chi connectivity index (χ0n) is 14.7. The summed E-state index contributed by atoms with van der Waals surface area (Å²) in [6.07, 6.45) is 2.22. The Labute approximate surface area is 152 Å². The fourth-order valence-electron chi connectivity index (χ4n) is 3.69. The largest absolute Gasteiger partial charge is 0.381 e. The van der Waals surface area contributed by atoms with Gasteiger partial charge in [0.25, 0.3) is 0 Å². The molecule has 0 amide bonds. The van der Waals surface area contributed by atoms with Crippen LogP contribution in [0.1, 0.15) is 17.7 Å². The summed E-state index contributed by atoms with van der Waals surface area (Å²) in [7, 11) is 0. The first-order valence-electron chi connectivity index (χ1n) is 8.97. The van der Waals surface area contributed by atoms with Gasteiger partial charge in [0.2, 0.25) is 0 Å². The highest BCUT2D eigenvalue weighted by atomic mass is 32.1. The maximum atomic E-state index is 5.93. The van der Waals surface area contributed by atoms with E-state index in [1.54, 1.807) is 11.3 Å². The molecule has 2 N–H and O–H groups in total. The van der Waals surface area contributed by atoms with Crippen LogP contribution in [0.25, 0.3) is 10.4 Å². The topological polar surface area (TPSA) is 60.6 Å². The number of nitrogen functional groups attached to an aromatic ring is 1. The van der Waals surface area contributed by atoms with E-state index in [1.165, 1.54) is 21.7 Å². The van der Waals surface area contributed by atoms with Crippen molar-refractivity contribution in [2.24, 2.45) is 5.92 Å². The average molecular weight is 359 g/mol. The second-order valence-electron chi connectivity index (χ2n) is 6.89. The number of rotatable bonds is 4. The SMILES string of the molecule is Cc1nc(N)sc1-c1cc(C[C@@H]2CCOC2)cc(N2CCOCC2)c1. The van der Waals surface area contributed by atoms with Gasteiger partial charge in [-0.3, -0.25) is 0 Å². The highest BCUT2D eigenvalue weighted by Crippen LogP contribution is 2.35. The number of hydrogen-bond donors (Lipinski definition) is 1. The van der Waals surface area contributed by atoms with Gasteiger partial charge >= 0.3 is 0 Å². The Kier molecular flexibility index (Phi) is 4.92. The molecular weight excluding hydrogens is 334 g/mol. The zero-order chi connectivity index (χ0) is 17.2. The van der Waals surface area contributed by atoms with Crippen LogP contribution in [0.3, 0.4) is 0 Å². The lowest BCUT2D eigenvalue weighted by molar-refractivity contribution is 0.122. The van der Waals surface area contributed by atoms with Gasteiger partial charge in [-0.2, -0.15) is 0 Å². The number of benzene rings is 1. The van der Waals surface area contributed by atoms with Crippen LogP contribution in [0.4, 0.5) is 10.8 Å². The van der Waals surface area contributed by atoms with Crippen LogP contribution >= 0.6 is 11.3 Å². The lowest BCUT2D eigenvalue weighted by Gasteiger charge is -2.29. The van der Waals surface area contributed by atoms with Crippen LogP contribution in [0.15, 0.2) is 18.2 Å². The summed E-state index contributed by atoms with van der Waals surface area (Å²) in [4.78, 5) is 8.00. The van der Waals surface area contributed by atoms with Gasteiger partial charge in [0.15, 0.2) is 5.13 Å². The molecule has 2 fully saturated rings. The van der Waals surface area contributed by atoms with Crippen molar-refractivity contribution in [2.75, 3.05) is 50.2 Å². The summed E-state index contributed by atoms with van der Waals surface area (Å²) in [5.41, 5.74) is 10.8. The van der Waals surface area contributed by atoms with E-state index >= 15 is 0 Å². The third-order valence-electron chi connectivity index (χ3n) is 4.98. The number of nitrogens with two attached hydrogens (primary N) is 1. The van der Waals surface area contributed by atoms with Crippen molar-refractivity contribution in [1.82, 2.24) is 4.98 Å². The third-order valence-corrected chi connectivity index (χ3v) is 6.01. The summed E-state index contributed by atoms with van der Waals surface area (Å²) >= 11 is 1.57. The molecule has 0 spiro atoms. The molecule has 2 saturated heterocycles. The van der Waals surface area contributed by atoms with Crippen LogP contribution in [-0.4, -0.2) is 44.5 Å². The molecule has 5 nitrogen and oxygen atoms in total. The number of anilines is 2. The van der Waals surface area contributed by atoms with Crippen molar-refractivity contribution in [3.8, 4) is 10.4 Å². The van der Waals surface area contributed by atoms with Gasteiger partial charge in [0, 0.05) is 32.0 Å². The summed E-state index contributed by atoms with van der Waals surface area (Å²) in [6.45, 7) is 7.28. The second kappa shape index (κ2) is 7.32. The Morgan fingerprint density at radius 2 is 2.04 bits per heavy atom. The van der Waals surface area contributed by atoms with Crippen molar-refractivity contribution in [2.45, 2.75) is 19.8 Å². The van der Waals surface area contributed by atoms with Crippen LogP contribution in [0, 0.1) is 12.8 Å². The number of thiazole rings is 1. The van der Waals surface area contributed by atoms with Crippen LogP contribution in [0.2, 0.25) is 0 Å². The van der Waals surface area contributed by atoms with Crippen molar-refractivity contribution in [1.29, 1.82) is 0 Å². The Hall–Kier alpha value is -1.63. The molecule has 0 unspecified atom stereocenters. The summed E-state index contributed by atoms with van der Waals surface area (Å²) in [5, 5.41) is 0.634. The van der Waals surface area contributed by atoms with Crippen molar-refractivity contribution < 1.29 is 9.47 Å². The van der Waals surface area contributed by atoms with Crippen LogP contribution in [-0.2, 0) is 15.9 Å². The predicted molar refractivity (Wildman–Crippen MR) is 102 cm³/mol. The van der Waals surface area contributed by atoms with E-state index < -0.39 is 0 Å². The van der Waals surface area contributed by atoms with Crippen LogP contribution < -0.4 is 10.6 Å². The van der Waals surface area contributed by atoms with Gasteiger partial charge in [0.1, 0.15) is 0 Å². The third kappa shape index (κ3) is 3.81. The molecule has 1 aromatic heterocycles. The van der Waals surface area contributed by atoms with E-state index in [1.807, 2.05) is 6.92 Å². The normalized spacial score (nSPS) is 21.0. The van der Waals surface area contributed by atoms with Crippen molar-refractivity contribution >= 4 is 22.2 Å². The van der Waals surface area contributed by atoms with Gasteiger partial charge in [0.05, 0.1) is 23.8 Å². The number of morpholine rings is 1. The van der Waals surface area contributed by atoms with E-state index in [2.05, 4.69) is 28.1 Å². The molecule has 25 heavy (non-hydrogen) atoms. The number of aromatic nitrogens is 1. The van der Waals surface area contributed by atoms with Gasteiger partial charge < -0.3 is 20.1 Å². The number of aryl methyl sites for hydroxylation is 1. The van der Waals surface area contributed by atoms with Crippen molar-refractivity contribution in [3.63, 3.8) is 0 Å². The molecule has 1 aromatic carbocycles. The Balaban J connectivity index is 1.69. The van der Waals surface area contributed by atoms with Gasteiger partial charge in [-0.25, -0.2) is 4.98 Å². The van der Waals surface area contributed by atoms with E-state index in [9.17, 15) is 0 Å². The average Bonchev–Trinajstić information content (AvgIpc) is 3.24. The zero-order valence-corrected chi connectivity index (χ0v) is 15.5. The number of ether oxygens (including phenoxy) is 2. The molecular formula is C19H25N3O2S. The van der Waals surface area contributed by atoms with E-state index in [-0.39, 0.29) is 0 Å². The first-order chi connectivity index (χ1) is 12.2. The predicted octanol–water partition coefficient (Wildman–Crippen LogP) is 3.12. The maximum Gasteiger partial charge on any atom is 0.180 e. The highest BCUT2D eigenvalue weighted by Gasteiger charge is 2.19. The molecule has 4 rings (SSSR count). The van der Waals surface area contributed by atoms with Gasteiger partial charge in [-0.05, 0) is 48.9 Å². The van der Waals surface area contributed by atoms with E-state index in [4.69, 9.17) is 15.2 Å². The molecule has 2 aliphatic heterocycles. The van der Waals surface area contributed by atoms with E-state index in [0.29, 0.717) is 11.0 Å². The monoisotopic (exact) mass is 359 g/mol. The Bertz CT molecular complexity index is 734. The standard InChI is InChI=1S/C19H25N3O2S/c1-13-18(25-19(20)21-13)16-9-15(8-14-2-5-24-12-14)10-17(11-16)22-3-6-23-7-4-22/h9-11,14H,2-8,12H2,1H3,(H2,20,21)/t14-/m0/s1. The number of hydrogen-bond acceptors (Lipinski definition) is 6. The van der Waals surface area contributed by atoms with Crippen LogP contribution in [0.5, 0.6) is 0 Å². The lowest BCUT2D eigenvalue weighted by atomic mass is 9.96. The lowest BCUT2D eigenvalue weighted by Crippen LogP contribution is -2.36. The molecule has 134 valence electrons. The minimum Gasteiger partial charge on any atom is -0.381 e. The summed E-state index contributed by atoms with van der Waals surface area (Å²) in [5.74, 6) is 0.625. The molecule has 0 aliphatic carbocycles. The second-order valence-corrected chi connectivity index (χ2v) is 7.92. The molecule has 2 aromatic rings. The van der Waals surface area contributed by atoms with E-state index in [0.717, 1.165) is 58.1 Å². The Morgan fingerprint density at radius 3 is 2.72 bits per heavy atom. The van der Waals surface area contributed by atoms with Gasteiger partial charge in [-0.1, -0.05) is 17.4 Å². The molecule has 3 heterocycles.